The molecule has 1 saturated carbocycles. The van der Waals surface area contributed by atoms with Crippen LogP contribution in [-0.2, 0) is 6.42 Å². The molecule has 0 saturated heterocycles. The van der Waals surface area contributed by atoms with Gasteiger partial charge in [-0.25, -0.2) is 0 Å². The Balaban J connectivity index is 1.96. The minimum Gasteiger partial charge on any atom is -0.317 e. The molecule has 18 heavy (non-hydrogen) atoms. The van der Waals surface area contributed by atoms with Crippen LogP contribution in [0.1, 0.15) is 57.7 Å². The summed E-state index contributed by atoms with van der Waals surface area (Å²) in [4.78, 5) is 0. The Hall–Kier alpha value is -0.830. The van der Waals surface area contributed by atoms with E-state index in [0.29, 0.717) is 18.0 Å². The molecule has 2 unspecified atom stereocenters. The van der Waals surface area contributed by atoms with Gasteiger partial charge in [0.05, 0.1) is 11.7 Å². The van der Waals surface area contributed by atoms with E-state index in [9.17, 15) is 0 Å². The summed E-state index contributed by atoms with van der Waals surface area (Å²) < 4.78 is 2.21. The molecule has 1 heterocycles. The van der Waals surface area contributed by atoms with Crippen molar-refractivity contribution >= 4 is 0 Å². The highest BCUT2D eigenvalue weighted by Crippen LogP contribution is 2.29. The molecular weight excluding hydrogens is 222 g/mol. The lowest BCUT2D eigenvalue weighted by Gasteiger charge is -2.21. The van der Waals surface area contributed by atoms with Gasteiger partial charge in [-0.05, 0) is 45.2 Å². The van der Waals surface area contributed by atoms with Gasteiger partial charge in [-0.2, -0.15) is 5.10 Å². The second-order valence-electron chi connectivity index (χ2n) is 5.68. The maximum atomic E-state index is 4.79. The summed E-state index contributed by atoms with van der Waals surface area (Å²) in [7, 11) is 2.05. The van der Waals surface area contributed by atoms with Crippen LogP contribution in [0.3, 0.4) is 0 Å². The lowest BCUT2D eigenvalue weighted by atomic mass is 9.93. The molecule has 3 heteroatoms. The zero-order chi connectivity index (χ0) is 13.0. The quantitative estimate of drug-likeness (QED) is 0.839. The van der Waals surface area contributed by atoms with Gasteiger partial charge >= 0.3 is 0 Å². The first-order chi connectivity index (χ1) is 8.74. The van der Waals surface area contributed by atoms with Crippen LogP contribution >= 0.6 is 0 Å². The molecule has 0 amide bonds. The van der Waals surface area contributed by atoms with Crippen LogP contribution in [0, 0.1) is 5.92 Å². The number of rotatable bonds is 6. The third kappa shape index (κ3) is 3.14. The van der Waals surface area contributed by atoms with Crippen molar-refractivity contribution in [1.29, 1.82) is 0 Å². The second-order valence-corrected chi connectivity index (χ2v) is 5.68. The van der Waals surface area contributed by atoms with Gasteiger partial charge in [0.1, 0.15) is 0 Å². The summed E-state index contributed by atoms with van der Waals surface area (Å²) in [5.74, 6) is 0.682. The van der Waals surface area contributed by atoms with Crippen molar-refractivity contribution in [3.8, 4) is 0 Å². The molecule has 3 nitrogen and oxygen atoms in total. The normalized spacial score (nSPS) is 20.2. The van der Waals surface area contributed by atoms with E-state index in [1.54, 1.807) is 0 Å². The van der Waals surface area contributed by atoms with Crippen LogP contribution in [0.5, 0.6) is 0 Å². The molecular formula is C15H27N3. The molecule has 102 valence electrons. The van der Waals surface area contributed by atoms with Gasteiger partial charge in [0.15, 0.2) is 0 Å². The van der Waals surface area contributed by atoms with Gasteiger partial charge in [0.2, 0.25) is 0 Å². The van der Waals surface area contributed by atoms with Crippen LogP contribution in [0.25, 0.3) is 0 Å². The summed E-state index contributed by atoms with van der Waals surface area (Å²) in [6, 6.07) is 3.44. The Morgan fingerprint density at radius 3 is 2.78 bits per heavy atom. The first-order valence-electron chi connectivity index (χ1n) is 7.46. The molecule has 0 radical (unpaired) electrons. The maximum absolute atomic E-state index is 4.79. The highest BCUT2D eigenvalue weighted by atomic mass is 15.3. The predicted octanol–water partition coefficient (Wildman–Crippen LogP) is 3.17. The van der Waals surface area contributed by atoms with Crippen LogP contribution in [-0.4, -0.2) is 22.9 Å². The summed E-state index contributed by atoms with van der Waals surface area (Å²) in [6.45, 7) is 4.54. The van der Waals surface area contributed by atoms with Crippen molar-refractivity contribution in [3.05, 3.63) is 18.0 Å². The molecule has 1 N–H and O–H groups in total. The molecule has 1 aromatic heterocycles. The van der Waals surface area contributed by atoms with Crippen molar-refractivity contribution in [2.24, 2.45) is 5.92 Å². The number of aromatic nitrogens is 2. The number of hydrogen-bond acceptors (Lipinski definition) is 2. The van der Waals surface area contributed by atoms with E-state index in [2.05, 4.69) is 36.1 Å². The third-order valence-corrected chi connectivity index (χ3v) is 4.52. The Bertz CT molecular complexity index is 352. The maximum Gasteiger partial charge on any atom is 0.0628 e. The third-order valence-electron chi connectivity index (χ3n) is 4.52. The number of hydrogen-bond donors (Lipinski definition) is 1. The molecule has 2 rings (SSSR count). The topological polar surface area (TPSA) is 29.9 Å². The Kier molecular flexibility index (Phi) is 4.81. The van der Waals surface area contributed by atoms with E-state index in [1.807, 2.05) is 7.05 Å². The average molecular weight is 249 g/mol. The van der Waals surface area contributed by atoms with Gasteiger partial charge in [-0.15, -0.1) is 0 Å². The molecule has 1 aromatic rings. The molecule has 0 aromatic carbocycles. The second kappa shape index (κ2) is 6.37. The van der Waals surface area contributed by atoms with E-state index >= 15 is 0 Å². The van der Waals surface area contributed by atoms with Gasteiger partial charge in [-0.3, -0.25) is 4.68 Å². The summed E-state index contributed by atoms with van der Waals surface area (Å²) >= 11 is 0. The zero-order valence-corrected chi connectivity index (χ0v) is 12.0. The highest BCUT2D eigenvalue weighted by molar-refractivity contribution is 5.02. The van der Waals surface area contributed by atoms with E-state index in [-0.39, 0.29) is 0 Å². The largest absolute Gasteiger partial charge is 0.317 e. The molecule has 1 aliphatic rings. The highest BCUT2D eigenvalue weighted by Gasteiger charge is 2.19. The lowest BCUT2D eigenvalue weighted by molar-refractivity contribution is 0.374. The van der Waals surface area contributed by atoms with Gasteiger partial charge in [0.25, 0.3) is 0 Å². The number of nitrogens with one attached hydrogen (secondary N) is 1. The summed E-state index contributed by atoms with van der Waals surface area (Å²) in [5.41, 5.74) is 1.26. The van der Waals surface area contributed by atoms with Crippen LogP contribution < -0.4 is 5.32 Å². The fourth-order valence-corrected chi connectivity index (χ4v) is 3.04. The van der Waals surface area contributed by atoms with E-state index in [4.69, 9.17) is 5.10 Å². The summed E-state index contributed by atoms with van der Waals surface area (Å²) in [6.07, 6.45) is 9.84. The zero-order valence-electron chi connectivity index (χ0n) is 12.0. The van der Waals surface area contributed by atoms with Crippen molar-refractivity contribution < 1.29 is 0 Å². The smallest absolute Gasteiger partial charge is 0.0628 e. The molecule has 1 fully saturated rings. The van der Waals surface area contributed by atoms with Crippen molar-refractivity contribution in [2.45, 2.75) is 64.5 Å². The molecule has 1 aliphatic carbocycles. The van der Waals surface area contributed by atoms with Gasteiger partial charge < -0.3 is 5.32 Å². The molecule has 2 atom stereocenters. The van der Waals surface area contributed by atoms with Crippen LogP contribution in [0.15, 0.2) is 12.3 Å². The molecule has 0 bridgehead atoms. The average Bonchev–Trinajstić information content (AvgIpc) is 3.05. The minimum absolute atomic E-state index is 0.562. The Labute approximate surface area is 111 Å². The predicted molar refractivity (Wildman–Crippen MR) is 75.7 cm³/mol. The first kappa shape index (κ1) is 13.6. The van der Waals surface area contributed by atoms with Gasteiger partial charge in [-0.1, -0.05) is 26.2 Å². The fraction of sp³-hybridized carbons (Fsp3) is 0.800. The monoisotopic (exact) mass is 249 g/mol. The van der Waals surface area contributed by atoms with E-state index < -0.39 is 0 Å². The van der Waals surface area contributed by atoms with Gasteiger partial charge in [0, 0.05) is 12.2 Å². The summed E-state index contributed by atoms with van der Waals surface area (Å²) in [5, 5.41) is 8.15. The van der Waals surface area contributed by atoms with E-state index in [0.717, 1.165) is 6.42 Å². The fourth-order valence-electron chi connectivity index (χ4n) is 3.04. The van der Waals surface area contributed by atoms with Crippen molar-refractivity contribution in [1.82, 2.24) is 15.1 Å². The Morgan fingerprint density at radius 2 is 2.17 bits per heavy atom. The lowest BCUT2D eigenvalue weighted by Crippen LogP contribution is -2.31. The SMILES string of the molecule is CCC(Cc1ccn(C2CCCC2)n1)C(C)NC. The van der Waals surface area contributed by atoms with Crippen molar-refractivity contribution in [3.63, 3.8) is 0 Å². The Morgan fingerprint density at radius 1 is 1.44 bits per heavy atom. The number of nitrogens with zero attached hydrogens (tertiary/aromatic N) is 2. The standard InChI is InChI=1S/C15H27N3/c1-4-13(12(2)16-3)11-14-9-10-18(17-14)15-7-5-6-8-15/h9-10,12-13,15-16H,4-8,11H2,1-3H3. The molecule has 0 spiro atoms. The van der Waals surface area contributed by atoms with Crippen molar-refractivity contribution in [2.75, 3.05) is 7.05 Å². The van der Waals surface area contributed by atoms with E-state index in [1.165, 1.54) is 37.8 Å². The van der Waals surface area contributed by atoms with Crippen LogP contribution in [0.2, 0.25) is 0 Å². The first-order valence-corrected chi connectivity index (χ1v) is 7.46. The van der Waals surface area contributed by atoms with Crippen LogP contribution in [0.4, 0.5) is 0 Å². The molecule has 0 aliphatic heterocycles. The minimum atomic E-state index is 0.562.